The van der Waals surface area contributed by atoms with Crippen molar-refractivity contribution >= 4 is 9.76 Å². The summed E-state index contributed by atoms with van der Waals surface area (Å²) in [5.74, 6) is 0. The first-order chi connectivity index (χ1) is 9.25. The number of hydrogen-bond acceptors (Lipinski definition) is 1. The molecule has 1 nitrogen and oxygen atoms in total. The molecule has 0 atom stereocenters. The second-order valence-electron chi connectivity index (χ2n) is 9.57. The average Bonchev–Trinajstić information content (AvgIpc) is 2.43. The quantitative estimate of drug-likeness (QED) is 0.501. The van der Waals surface area contributed by atoms with E-state index in [4.69, 9.17) is 4.43 Å². The molecule has 1 saturated carbocycles. The van der Waals surface area contributed by atoms with Gasteiger partial charge in [-0.3, -0.25) is 0 Å². The van der Waals surface area contributed by atoms with Crippen LogP contribution in [-0.2, 0) is 4.43 Å². The van der Waals surface area contributed by atoms with Crippen molar-refractivity contribution in [3.05, 3.63) is 0 Å². The molecule has 0 N–H and O–H groups in total. The van der Waals surface area contributed by atoms with Crippen LogP contribution in [0.5, 0.6) is 0 Å². The van der Waals surface area contributed by atoms with E-state index in [1.807, 2.05) is 0 Å². The van der Waals surface area contributed by atoms with Gasteiger partial charge in [-0.25, -0.2) is 0 Å². The van der Waals surface area contributed by atoms with E-state index in [-0.39, 0.29) is 0 Å². The molecular weight excluding hydrogens is 272 g/mol. The predicted octanol–water partition coefficient (Wildman–Crippen LogP) is 5.97. The molecule has 0 aromatic carbocycles. The van der Waals surface area contributed by atoms with Gasteiger partial charge >= 0.3 is 0 Å². The third-order valence-electron chi connectivity index (χ3n) is 8.69. The average molecular weight is 311 g/mol. The number of hydrogen-bond donors (Lipinski definition) is 0. The summed E-state index contributed by atoms with van der Waals surface area (Å²) in [5.41, 5.74) is 1.77. The number of rotatable bonds is 0. The third-order valence-corrected chi connectivity index (χ3v) is 9.66. The molecule has 1 heterocycles. The van der Waals surface area contributed by atoms with E-state index in [0.717, 1.165) is 16.4 Å². The zero-order valence-electron chi connectivity index (χ0n) is 16.2. The van der Waals surface area contributed by atoms with Gasteiger partial charge in [-0.2, -0.15) is 0 Å². The Balaban J connectivity index is 0.000000304. The summed E-state index contributed by atoms with van der Waals surface area (Å²) in [6.45, 7) is 25.5. The standard InChI is InChI=1S/C15H30.C4H8OSi/c1-11(2)12(3,4)14(7,8)15(9,10)13(11,5)6;1-2-4-6-5-3-1/h1-10H3;1-4H2. The first-order valence-corrected chi connectivity index (χ1v) is 9.71. The molecule has 124 valence electrons. The van der Waals surface area contributed by atoms with Crippen LogP contribution in [0.15, 0.2) is 0 Å². The molecular formula is C19H38OSi. The molecule has 1 aliphatic heterocycles. The van der Waals surface area contributed by atoms with E-state index >= 15 is 0 Å². The van der Waals surface area contributed by atoms with Crippen molar-refractivity contribution in [3.8, 4) is 0 Å². The van der Waals surface area contributed by atoms with E-state index in [1.54, 1.807) is 0 Å². The topological polar surface area (TPSA) is 9.23 Å². The molecule has 21 heavy (non-hydrogen) atoms. The Morgan fingerprint density at radius 1 is 0.571 bits per heavy atom. The predicted molar refractivity (Wildman–Crippen MR) is 94.7 cm³/mol. The highest BCUT2D eigenvalue weighted by Gasteiger charge is 2.71. The molecule has 2 fully saturated rings. The lowest BCUT2D eigenvalue weighted by Crippen LogP contribution is -2.40. The molecule has 2 rings (SSSR count). The highest BCUT2D eigenvalue weighted by Crippen LogP contribution is 2.77. The normalized spacial score (nSPS) is 31.1. The van der Waals surface area contributed by atoms with Crippen LogP contribution in [-0.4, -0.2) is 16.4 Å². The largest absolute Gasteiger partial charge is 0.417 e. The minimum atomic E-state index is 0.354. The zero-order chi connectivity index (χ0) is 16.7. The van der Waals surface area contributed by atoms with Crippen LogP contribution >= 0.6 is 0 Å². The summed E-state index contributed by atoms with van der Waals surface area (Å²) in [5, 5.41) is 0. The second-order valence-corrected chi connectivity index (χ2v) is 10.7. The summed E-state index contributed by atoms with van der Waals surface area (Å²) in [6, 6.07) is 1.31. The zero-order valence-corrected chi connectivity index (χ0v) is 17.2. The van der Waals surface area contributed by atoms with Gasteiger partial charge in [-0.15, -0.1) is 0 Å². The lowest BCUT2D eigenvalue weighted by Gasteiger charge is -2.47. The lowest BCUT2D eigenvalue weighted by atomic mass is 9.57. The van der Waals surface area contributed by atoms with Crippen molar-refractivity contribution in [3.63, 3.8) is 0 Å². The van der Waals surface area contributed by atoms with E-state index in [9.17, 15) is 0 Å². The summed E-state index contributed by atoms with van der Waals surface area (Å²) in [7, 11) is 0.802. The van der Waals surface area contributed by atoms with Crippen molar-refractivity contribution < 1.29 is 4.43 Å². The minimum absolute atomic E-state index is 0.354. The summed E-state index contributed by atoms with van der Waals surface area (Å²) < 4.78 is 5.10. The summed E-state index contributed by atoms with van der Waals surface area (Å²) in [4.78, 5) is 0. The van der Waals surface area contributed by atoms with Crippen molar-refractivity contribution in [1.29, 1.82) is 0 Å². The van der Waals surface area contributed by atoms with E-state index in [0.29, 0.717) is 27.1 Å². The molecule has 0 amide bonds. The maximum Gasteiger partial charge on any atom is 0.229 e. The minimum Gasteiger partial charge on any atom is -0.417 e. The van der Waals surface area contributed by atoms with Crippen LogP contribution in [0.3, 0.4) is 0 Å². The Kier molecular flexibility index (Phi) is 5.19. The van der Waals surface area contributed by atoms with Crippen LogP contribution in [0.1, 0.15) is 82.1 Å². The van der Waals surface area contributed by atoms with Crippen molar-refractivity contribution in [2.45, 2.75) is 88.1 Å². The van der Waals surface area contributed by atoms with Crippen LogP contribution in [0.2, 0.25) is 6.04 Å². The van der Waals surface area contributed by atoms with Gasteiger partial charge in [0.1, 0.15) is 0 Å². The Hall–Kier alpha value is 0.177. The highest BCUT2D eigenvalue weighted by atomic mass is 28.2. The van der Waals surface area contributed by atoms with Crippen LogP contribution in [0.25, 0.3) is 0 Å². The fourth-order valence-electron chi connectivity index (χ4n) is 4.42. The Morgan fingerprint density at radius 3 is 1.00 bits per heavy atom. The van der Waals surface area contributed by atoms with Crippen molar-refractivity contribution in [2.75, 3.05) is 6.61 Å². The Bertz CT molecular complexity index is 259. The lowest BCUT2D eigenvalue weighted by molar-refractivity contribution is 0.0135. The van der Waals surface area contributed by atoms with Crippen molar-refractivity contribution in [1.82, 2.24) is 0 Å². The molecule has 2 radical (unpaired) electrons. The van der Waals surface area contributed by atoms with Gasteiger partial charge in [0, 0.05) is 6.61 Å². The summed E-state index contributed by atoms with van der Waals surface area (Å²) >= 11 is 0. The second kappa shape index (κ2) is 5.67. The molecule has 0 bridgehead atoms. The maximum absolute atomic E-state index is 5.10. The van der Waals surface area contributed by atoms with Crippen LogP contribution < -0.4 is 0 Å². The van der Waals surface area contributed by atoms with Crippen LogP contribution in [0.4, 0.5) is 0 Å². The Morgan fingerprint density at radius 2 is 0.905 bits per heavy atom. The fourth-order valence-corrected chi connectivity index (χ4v) is 5.25. The third kappa shape index (κ3) is 2.55. The SMILES string of the molecule is C1CC[Si]OC1.CC1(C)C(C)(C)C(C)(C)C(C)(C)C1(C)C. The van der Waals surface area contributed by atoms with Gasteiger partial charge in [0.15, 0.2) is 0 Å². The van der Waals surface area contributed by atoms with Gasteiger partial charge in [0.25, 0.3) is 0 Å². The molecule has 0 spiro atoms. The summed E-state index contributed by atoms with van der Waals surface area (Å²) in [6.07, 6.45) is 2.67. The smallest absolute Gasteiger partial charge is 0.229 e. The van der Waals surface area contributed by atoms with E-state index in [1.165, 1.54) is 18.9 Å². The first-order valence-electron chi connectivity index (χ1n) is 8.60. The van der Waals surface area contributed by atoms with Gasteiger partial charge in [0.2, 0.25) is 9.76 Å². The van der Waals surface area contributed by atoms with Gasteiger partial charge in [0.05, 0.1) is 0 Å². The van der Waals surface area contributed by atoms with Gasteiger partial charge < -0.3 is 4.43 Å². The molecule has 1 aliphatic carbocycles. The van der Waals surface area contributed by atoms with Gasteiger partial charge in [-0.05, 0) is 39.5 Å². The van der Waals surface area contributed by atoms with Gasteiger partial charge in [-0.1, -0.05) is 75.7 Å². The molecule has 0 aromatic rings. The molecule has 0 aromatic heterocycles. The first kappa shape index (κ1) is 19.2. The highest BCUT2D eigenvalue weighted by molar-refractivity contribution is 6.27. The van der Waals surface area contributed by atoms with E-state index in [2.05, 4.69) is 69.2 Å². The van der Waals surface area contributed by atoms with Crippen LogP contribution in [0, 0.1) is 27.1 Å². The molecule has 2 heteroatoms. The molecule has 1 saturated heterocycles. The molecule has 0 unspecified atom stereocenters. The maximum atomic E-state index is 5.10. The van der Waals surface area contributed by atoms with E-state index < -0.39 is 0 Å². The Labute approximate surface area is 136 Å². The molecule has 2 aliphatic rings. The van der Waals surface area contributed by atoms with Crippen molar-refractivity contribution in [2.24, 2.45) is 27.1 Å². The fraction of sp³-hybridized carbons (Fsp3) is 1.00. The monoisotopic (exact) mass is 310 g/mol.